The Kier molecular flexibility index (Phi) is 10.2. The number of nitro benzene ring substituents is 1. The van der Waals surface area contributed by atoms with Crippen LogP contribution in [0.3, 0.4) is 0 Å². The first-order chi connectivity index (χ1) is 16.4. The maximum atomic E-state index is 12.0. The highest BCUT2D eigenvalue weighted by Gasteiger charge is 2.35. The van der Waals surface area contributed by atoms with Crippen molar-refractivity contribution in [3.05, 3.63) is 69.3 Å². The number of ether oxygens (including phenoxy) is 1. The van der Waals surface area contributed by atoms with Crippen LogP contribution in [0.4, 0.5) is 5.69 Å². The molecule has 0 heterocycles. The molecule has 7 nitrogen and oxygen atoms in total. The van der Waals surface area contributed by atoms with Crippen molar-refractivity contribution < 1.29 is 24.7 Å². The quantitative estimate of drug-likeness (QED) is 0.141. The van der Waals surface area contributed by atoms with E-state index in [1.165, 1.54) is 12.1 Å². The smallest absolute Gasteiger partial charge is 0.338 e. The van der Waals surface area contributed by atoms with Gasteiger partial charge in [-0.1, -0.05) is 18.2 Å². The number of benzene rings is 2. The Hall–Kier alpha value is -2.13. The second-order valence-corrected chi connectivity index (χ2v) is 10.1. The fraction of sp³-hybridized carbons (Fsp3) is 0.480. The van der Waals surface area contributed by atoms with Gasteiger partial charge in [-0.3, -0.25) is 10.1 Å². The summed E-state index contributed by atoms with van der Waals surface area (Å²) in [7, 11) is 0. The zero-order valence-electron chi connectivity index (χ0n) is 18.9. The summed E-state index contributed by atoms with van der Waals surface area (Å²) < 4.78 is 4.86. The van der Waals surface area contributed by atoms with Crippen LogP contribution in [0.2, 0.25) is 0 Å². The summed E-state index contributed by atoms with van der Waals surface area (Å²) in [5.74, 6) is 0.855. The van der Waals surface area contributed by atoms with Gasteiger partial charge in [0.05, 0.1) is 17.1 Å². The van der Waals surface area contributed by atoms with Gasteiger partial charge in [0.1, 0.15) is 6.61 Å². The van der Waals surface area contributed by atoms with Crippen LogP contribution in [0.1, 0.15) is 40.7 Å². The van der Waals surface area contributed by atoms with Crippen molar-refractivity contribution in [3.8, 4) is 0 Å². The summed E-state index contributed by atoms with van der Waals surface area (Å²) in [5, 5.41) is 29.7. The van der Waals surface area contributed by atoms with Gasteiger partial charge in [0.25, 0.3) is 5.69 Å². The minimum absolute atomic E-state index is 0.0804. The number of nitro groups is 1. The molecular formula is C25H30ClNO6S. The molecule has 34 heavy (non-hydrogen) atoms. The summed E-state index contributed by atoms with van der Waals surface area (Å²) in [4.78, 5) is 24.3. The first kappa shape index (κ1) is 26.5. The molecule has 9 heteroatoms. The minimum atomic E-state index is -0.690. The molecule has 3 atom stereocenters. The van der Waals surface area contributed by atoms with Gasteiger partial charge in [0.2, 0.25) is 0 Å². The van der Waals surface area contributed by atoms with E-state index in [4.69, 9.17) is 26.6 Å². The molecule has 0 spiro atoms. The van der Waals surface area contributed by atoms with Crippen molar-refractivity contribution in [1.29, 1.82) is 0 Å². The van der Waals surface area contributed by atoms with Crippen LogP contribution in [0.5, 0.6) is 0 Å². The molecule has 1 aliphatic rings. The predicted molar refractivity (Wildman–Crippen MR) is 133 cm³/mol. The van der Waals surface area contributed by atoms with Crippen molar-refractivity contribution in [3.63, 3.8) is 0 Å². The van der Waals surface area contributed by atoms with Crippen LogP contribution in [-0.4, -0.2) is 52.1 Å². The van der Waals surface area contributed by atoms with Gasteiger partial charge in [-0.15, -0.1) is 23.4 Å². The first-order valence-corrected chi connectivity index (χ1v) is 12.9. The monoisotopic (exact) mass is 507 g/mol. The van der Waals surface area contributed by atoms with Crippen molar-refractivity contribution in [2.45, 2.75) is 42.4 Å². The molecule has 0 radical (unpaired) electrons. The zero-order valence-corrected chi connectivity index (χ0v) is 20.5. The number of carbonyl (C=O) groups excluding carboxylic acids is 1. The van der Waals surface area contributed by atoms with Crippen molar-refractivity contribution >= 4 is 35.0 Å². The van der Waals surface area contributed by atoms with Crippen molar-refractivity contribution in [2.24, 2.45) is 11.8 Å². The molecule has 0 aliphatic heterocycles. The Labute approximate surface area is 208 Å². The lowest BCUT2D eigenvalue weighted by molar-refractivity contribution is -0.385. The topological polar surface area (TPSA) is 110 Å². The number of aliphatic hydroxyl groups is 2. The number of alkyl halides is 1. The van der Waals surface area contributed by atoms with Crippen LogP contribution in [0, 0.1) is 22.0 Å². The number of thioether (sulfide) groups is 1. The van der Waals surface area contributed by atoms with E-state index in [0.717, 1.165) is 35.5 Å². The number of nitrogens with zero attached hydrogens (tertiary/aromatic N) is 1. The molecule has 1 aliphatic carbocycles. The van der Waals surface area contributed by atoms with Crippen LogP contribution in [0.15, 0.2) is 47.4 Å². The van der Waals surface area contributed by atoms with Gasteiger partial charge in [-0.05, 0) is 67.7 Å². The van der Waals surface area contributed by atoms with Gasteiger partial charge < -0.3 is 14.9 Å². The van der Waals surface area contributed by atoms with Crippen LogP contribution >= 0.6 is 23.4 Å². The van der Waals surface area contributed by atoms with Crippen LogP contribution in [-0.2, 0) is 17.6 Å². The van der Waals surface area contributed by atoms with E-state index in [0.29, 0.717) is 30.2 Å². The number of aliphatic hydroxyl groups excluding tert-OH is 2. The third-order valence-electron chi connectivity index (χ3n) is 6.25. The number of carbonyl (C=O) groups is 1. The SMILES string of the molecule is O=C(OCCO)c1ccc(CC[C@H]2CCC(Cl)[C@@H]2CSc2cccc(CCO)c2)c([N+](=O)[O-])c1. The second-order valence-electron chi connectivity index (χ2n) is 8.45. The van der Waals surface area contributed by atoms with Gasteiger partial charge in [-0.25, -0.2) is 4.79 Å². The Morgan fingerprint density at radius 3 is 2.71 bits per heavy atom. The number of esters is 1. The second kappa shape index (κ2) is 13.1. The number of hydrogen-bond acceptors (Lipinski definition) is 7. The molecule has 1 unspecified atom stereocenters. The number of aryl methyl sites for hydroxylation is 1. The molecule has 0 amide bonds. The molecule has 0 aromatic heterocycles. The molecule has 1 fully saturated rings. The summed E-state index contributed by atoms with van der Waals surface area (Å²) >= 11 is 8.42. The molecule has 0 bridgehead atoms. The highest BCUT2D eigenvalue weighted by molar-refractivity contribution is 7.99. The molecule has 0 saturated heterocycles. The van der Waals surface area contributed by atoms with E-state index in [1.54, 1.807) is 17.8 Å². The highest BCUT2D eigenvalue weighted by Crippen LogP contribution is 2.42. The van der Waals surface area contributed by atoms with E-state index in [2.05, 4.69) is 12.1 Å². The van der Waals surface area contributed by atoms with E-state index in [9.17, 15) is 14.9 Å². The van der Waals surface area contributed by atoms with Gasteiger partial charge in [0.15, 0.2) is 0 Å². The summed E-state index contributed by atoms with van der Waals surface area (Å²) in [6, 6.07) is 12.6. The summed E-state index contributed by atoms with van der Waals surface area (Å²) in [5.41, 5.74) is 1.70. The normalized spacial score (nSPS) is 19.8. The van der Waals surface area contributed by atoms with Crippen molar-refractivity contribution in [1.82, 2.24) is 0 Å². The van der Waals surface area contributed by atoms with Gasteiger partial charge in [-0.2, -0.15) is 0 Å². The number of hydrogen-bond donors (Lipinski definition) is 2. The van der Waals surface area contributed by atoms with Gasteiger partial charge >= 0.3 is 5.97 Å². The van der Waals surface area contributed by atoms with E-state index < -0.39 is 10.9 Å². The lowest BCUT2D eigenvalue weighted by Crippen LogP contribution is -2.19. The number of halogens is 1. The largest absolute Gasteiger partial charge is 0.460 e. The maximum Gasteiger partial charge on any atom is 0.338 e. The van der Waals surface area contributed by atoms with Crippen LogP contribution < -0.4 is 0 Å². The molecule has 3 rings (SSSR count). The van der Waals surface area contributed by atoms with E-state index in [1.807, 2.05) is 12.1 Å². The standard InChI is InChI=1S/C25H30ClNO6S/c26-23-9-8-18(22(23)16-34-21-3-1-2-17(14-21)10-11-28)4-5-19-6-7-20(15-24(19)27(31)32)25(30)33-13-12-29/h1-3,6-7,14-15,18,22-23,28-29H,4-5,8-13,16H2/t18-,22+,23?/m0/s1. The minimum Gasteiger partial charge on any atom is -0.460 e. The Balaban J connectivity index is 1.63. The first-order valence-electron chi connectivity index (χ1n) is 11.4. The Morgan fingerprint density at radius 2 is 1.97 bits per heavy atom. The molecule has 1 saturated carbocycles. The molecule has 2 aromatic rings. The van der Waals surface area contributed by atoms with E-state index in [-0.39, 0.29) is 36.4 Å². The summed E-state index contributed by atoms with van der Waals surface area (Å²) in [6.45, 7) is -0.331. The van der Waals surface area contributed by atoms with Crippen molar-refractivity contribution in [2.75, 3.05) is 25.6 Å². The Bertz CT molecular complexity index is 988. The molecule has 184 valence electrons. The van der Waals surface area contributed by atoms with Gasteiger partial charge in [0, 0.05) is 34.3 Å². The maximum absolute atomic E-state index is 12.0. The zero-order chi connectivity index (χ0) is 24.5. The molecule has 2 N–H and O–H groups in total. The third kappa shape index (κ3) is 7.18. The fourth-order valence-corrected chi connectivity index (χ4v) is 6.27. The third-order valence-corrected chi connectivity index (χ3v) is 7.93. The average Bonchev–Trinajstić information content (AvgIpc) is 3.19. The van der Waals surface area contributed by atoms with Crippen LogP contribution in [0.25, 0.3) is 0 Å². The molecular weight excluding hydrogens is 478 g/mol. The predicted octanol–water partition coefficient (Wildman–Crippen LogP) is 4.64. The lowest BCUT2D eigenvalue weighted by Gasteiger charge is -2.22. The summed E-state index contributed by atoms with van der Waals surface area (Å²) in [6.07, 6.45) is 3.87. The van der Waals surface area contributed by atoms with E-state index >= 15 is 0 Å². The number of rotatable bonds is 12. The Morgan fingerprint density at radius 1 is 1.15 bits per heavy atom. The average molecular weight is 508 g/mol. The highest BCUT2D eigenvalue weighted by atomic mass is 35.5. The lowest BCUT2D eigenvalue weighted by atomic mass is 9.90. The molecule has 2 aromatic carbocycles. The fourth-order valence-electron chi connectivity index (χ4n) is 4.44.